The van der Waals surface area contributed by atoms with Crippen LogP contribution in [0.1, 0.15) is 38.2 Å². The molecule has 4 heteroatoms. The molecule has 0 saturated carbocycles. The van der Waals surface area contributed by atoms with Gasteiger partial charge in [-0.3, -0.25) is 0 Å². The molecule has 0 amide bonds. The quantitative estimate of drug-likeness (QED) is 0.419. The highest BCUT2D eigenvalue weighted by Gasteiger charge is 2.07. The van der Waals surface area contributed by atoms with Gasteiger partial charge < -0.3 is 14.6 Å². The molecule has 0 heterocycles. The summed E-state index contributed by atoms with van der Waals surface area (Å²) in [5, 5.41) is 8.71. The van der Waals surface area contributed by atoms with Gasteiger partial charge in [-0.25, -0.2) is 4.79 Å². The molecule has 0 saturated heterocycles. The number of ether oxygens (including phenoxy) is 2. The molecule has 1 aromatic carbocycles. The lowest BCUT2D eigenvalue weighted by atomic mass is 9.98. The van der Waals surface area contributed by atoms with Gasteiger partial charge in [-0.15, -0.1) is 0 Å². The van der Waals surface area contributed by atoms with E-state index in [4.69, 9.17) is 14.6 Å². The lowest BCUT2D eigenvalue weighted by molar-refractivity contribution is -0.131. The molecule has 0 spiro atoms. The molecule has 0 atom stereocenters. The number of carboxylic acid groups (broad SMARTS) is 1. The zero-order chi connectivity index (χ0) is 16.4. The van der Waals surface area contributed by atoms with Crippen molar-refractivity contribution in [3.8, 4) is 11.5 Å². The molecule has 0 radical (unpaired) electrons. The summed E-state index contributed by atoms with van der Waals surface area (Å²) in [5.74, 6) is 0.403. The highest BCUT2D eigenvalue weighted by Crippen LogP contribution is 2.32. The molecular formula is C18H24O4. The van der Waals surface area contributed by atoms with Crippen molar-refractivity contribution < 1.29 is 19.4 Å². The molecule has 22 heavy (non-hydrogen) atoms. The number of hydrogen-bond acceptors (Lipinski definition) is 3. The number of allylic oxidation sites excluding steroid dienone is 3. The first-order valence-electron chi connectivity index (χ1n) is 7.45. The van der Waals surface area contributed by atoms with E-state index in [1.165, 1.54) is 0 Å². The molecule has 1 N–H and O–H groups in total. The Morgan fingerprint density at radius 2 is 1.91 bits per heavy atom. The summed E-state index contributed by atoms with van der Waals surface area (Å²) >= 11 is 0. The van der Waals surface area contributed by atoms with Crippen LogP contribution in [-0.2, 0) is 4.79 Å². The van der Waals surface area contributed by atoms with Crippen LogP contribution in [0.4, 0.5) is 0 Å². The van der Waals surface area contributed by atoms with Crippen molar-refractivity contribution in [1.29, 1.82) is 0 Å². The number of carbonyl (C=O) groups is 1. The summed E-state index contributed by atoms with van der Waals surface area (Å²) in [5.41, 5.74) is 2.11. The Bertz CT molecular complexity index is 544. The van der Waals surface area contributed by atoms with Crippen molar-refractivity contribution in [2.75, 3.05) is 14.2 Å². The number of unbranched alkanes of at least 4 members (excludes halogenated alkanes) is 2. The fraction of sp³-hybridized carbons (Fsp3) is 0.389. The molecule has 0 aliphatic rings. The van der Waals surface area contributed by atoms with Crippen LogP contribution in [0.25, 0.3) is 5.57 Å². The van der Waals surface area contributed by atoms with E-state index in [0.29, 0.717) is 11.5 Å². The van der Waals surface area contributed by atoms with E-state index in [-0.39, 0.29) is 0 Å². The van der Waals surface area contributed by atoms with Gasteiger partial charge in [0.05, 0.1) is 14.2 Å². The Hall–Kier alpha value is -2.23. The normalized spacial score (nSPS) is 11.7. The molecule has 0 fully saturated rings. The van der Waals surface area contributed by atoms with Crippen molar-refractivity contribution in [2.45, 2.75) is 32.6 Å². The molecular weight excluding hydrogens is 280 g/mol. The highest BCUT2D eigenvalue weighted by atomic mass is 16.5. The Morgan fingerprint density at radius 1 is 1.18 bits per heavy atom. The van der Waals surface area contributed by atoms with Crippen LogP contribution in [0.3, 0.4) is 0 Å². The van der Waals surface area contributed by atoms with Gasteiger partial charge >= 0.3 is 5.97 Å². The summed E-state index contributed by atoms with van der Waals surface area (Å²) in [7, 11) is 3.21. The second-order valence-corrected chi connectivity index (χ2v) is 4.92. The summed E-state index contributed by atoms with van der Waals surface area (Å²) in [6.45, 7) is 2.16. The van der Waals surface area contributed by atoms with E-state index in [1.807, 2.05) is 24.3 Å². The summed E-state index contributed by atoms with van der Waals surface area (Å²) in [6.07, 6.45) is 8.81. The van der Waals surface area contributed by atoms with Gasteiger partial charge in [0.1, 0.15) is 0 Å². The van der Waals surface area contributed by atoms with Crippen molar-refractivity contribution in [1.82, 2.24) is 0 Å². The Kier molecular flexibility index (Phi) is 7.83. The molecule has 1 aromatic rings. The average Bonchev–Trinajstić information content (AvgIpc) is 2.52. The highest BCUT2D eigenvalue weighted by molar-refractivity contribution is 5.81. The standard InChI is InChI=1S/C18H24O4/c1-4-5-6-8-14(9-7-10-18(19)20)15-11-12-16(21-2)17(13-15)22-3/h7,9-13H,4-6,8H2,1-3H3,(H,19,20)/b10-7+,14-9-. The zero-order valence-electron chi connectivity index (χ0n) is 13.5. The second-order valence-electron chi connectivity index (χ2n) is 4.92. The number of carboxylic acids is 1. The third-order valence-corrected chi connectivity index (χ3v) is 3.34. The first kappa shape index (κ1) is 17.8. The molecule has 120 valence electrons. The van der Waals surface area contributed by atoms with E-state index in [1.54, 1.807) is 20.3 Å². The lowest BCUT2D eigenvalue weighted by Crippen LogP contribution is -1.93. The molecule has 0 aliphatic heterocycles. The number of rotatable bonds is 9. The summed E-state index contributed by atoms with van der Waals surface area (Å²) in [6, 6.07) is 5.75. The molecule has 0 bridgehead atoms. The van der Waals surface area contributed by atoms with E-state index in [2.05, 4.69) is 6.92 Å². The second kappa shape index (κ2) is 9.66. The Morgan fingerprint density at radius 3 is 2.50 bits per heavy atom. The van der Waals surface area contributed by atoms with Crippen LogP contribution in [-0.4, -0.2) is 25.3 Å². The van der Waals surface area contributed by atoms with Gasteiger partial charge in [0.15, 0.2) is 11.5 Å². The molecule has 0 unspecified atom stereocenters. The average molecular weight is 304 g/mol. The predicted molar refractivity (Wildman–Crippen MR) is 88.4 cm³/mol. The van der Waals surface area contributed by atoms with Crippen LogP contribution in [0.5, 0.6) is 11.5 Å². The lowest BCUT2D eigenvalue weighted by Gasteiger charge is -2.12. The SMILES string of the molecule is CCCCC/C(=C/C=C/C(=O)O)c1ccc(OC)c(OC)c1. The monoisotopic (exact) mass is 304 g/mol. The third kappa shape index (κ3) is 5.64. The van der Waals surface area contributed by atoms with E-state index >= 15 is 0 Å². The van der Waals surface area contributed by atoms with Crippen LogP contribution in [0.2, 0.25) is 0 Å². The maximum atomic E-state index is 10.6. The van der Waals surface area contributed by atoms with Crippen molar-refractivity contribution in [3.05, 3.63) is 42.0 Å². The number of methoxy groups -OCH3 is 2. The minimum atomic E-state index is -0.948. The van der Waals surface area contributed by atoms with Gasteiger partial charge in [-0.1, -0.05) is 38.0 Å². The number of hydrogen-bond donors (Lipinski definition) is 1. The maximum Gasteiger partial charge on any atom is 0.328 e. The summed E-state index contributed by atoms with van der Waals surface area (Å²) in [4.78, 5) is 10.6. The predicted octanol–water partition coefficient (Wildman–Crippen LogP) is 4.31. The minimum Gasteiger partial charge on any atom is -0.493 e. The Balaban J connectivity index is 3.06. The fourth-order valence-electron chi connectivity index (χ4n) is 2.17. The molecule has 1 rings (SSSR count). The van der Waals surface area contributed by atoms with Gasteiger partial charge in [0, 0.05) is 6.08 Å². The van der Waals surface area contributed by atoms with Crippen LogP contribution < -0.4 is 9.47 Å². The van der Waals surface area contributed by atoms with Gasteiger partial charge in [-0.05, 0) is 36.1 Å². The first-order valence-corrected chi connectivity index (χ1v) is 7.45. The molecule has 0 aromatic heterocycles. The van der Waals surface area contributed by atoms with E-state index in [0.717, 1.165) is 42.9 Å². The van der Waals surface area contributed by atoms with Crippen molar-refractivity contribution in [3.63, 3.8) is 0 Å². The van der Waals surface area contributed by atoms with Crippen LogP contribution >= 0.6 is 0 Å². The minimum absolute atomic E-state index is 0.670. The molecule has 0 aliphatic carbocycles. The third-order valence-electron chi connectivity index (χ3n) is 3.34. The maximum absolute atomic E-state index is 10.6. The van der Waals surface area contributed by atoms with Crippen molar-refractivity contribution >= 4 is 11.5 Å². The van der Waals surface area contributed by atoms with Crippen molar-refractivity contribution in [2.24, 2.45) is 0 Å². The van der Waals surface area contributed by atoms with E-state index in [9.17, 15) is 4.79 Å². The van der Waals surface area contributed by atoms with Gasteiger partial charge in [0.2, 0.25) is 0 Å². The van der Waals surface area contributed by atoms with E-state index < -0.39 is 5.97 Å². The largest absolute Gasteiger partial charge is 0.493 e. The fourth-order valence-corrected chi connectivity index (χ4v) is 2.17. The first-order chi connectivity index (χ1) is 10.6. The Labute approximate surface area is 132 Å². The number of aliphatic carboxylic acids is 1. The van der Waals surface area contributed by atoms with Gasteiger partial charge in [0.25, 0.3) is 0 Å². The molecule has 4 nitrogen and oxygen atoms in total. The topological polar surface area (TPSA) is 55.8 Å². The summed E-state index contributed by atoms with van der Waals surface area (Å²) < 4.78 is 10.6. The smallest absolute Gasteiger partial charge is 0.328 e. The number of benzene rings is 1. The van der Waals surface area contributed by atoms with Crippen LogP contribution in [0, 0.1) is 0 Å². The van der Waals surface area contributed by atoms with Crippen LogP contribution in [0.15, 0.2) is 36.4 Å². The van der Waals surface area contributed by atoms with Gasteiger partial charge in [-0.2, -0.15) is 0 Å². The zero-order valence-corrected chi connectivity index (χ0v) is 13.5.